The maximum absolute atomic E-state index is 13.5. The average Bonchev–Trinajstić information content (AvgIpc) is 2.05. The van der Waals surface area contributed by atoms with Crippen LogP contribution in [0.5, 0.6) is 0 Å². The third-order valence-corrected chi connectivity index (χ3v) is 2.90. The molecule has 1 N–H and O–H groups in total. The molecule has 0 heterocycles. The van der Waals surface area contributed by atoms with Crippen molar-refractivity contribution in [1.82, 2.24) is 0 Å². The van der Waals surface area contributed by atoms with Crippen LogP contribution in [0.15, 0.2) is 23.1 Å². The molecule has 4 nitrogen and oxygen atoms in total. The van der Waals surface area contributed by atoms with Crippen molar-refractivity contribution in [1.29, 1.82) is 0 Å². The van der Waals surface area contributed by atoms with E-state index >= 15 is 0 Å². The second kappa shape index (κ2) is 3.98. The van der Waals surface area contributed by atoms with E-state index in [0.717, 1.165) is 12.3 Å². The highest BCUT2D eigenvalue weighted by Crippen LogP contribution is 2.18. The number of sulfone groups is 1. The molecular weight excluding hydrogens is 223 g/mol. The molecule has 0 aliphatic rings. The molecule has 15 heavy (non-hydrogen) atoms. The van der Waals surface area contributed by atoms with Gasteiger partial charge in [0, 0.05) is 11.8 Å². The minimum atomic E-state index is -3.66. The summed E-state index contributed by atoms with van der Waals surface area (Å²) in [6.07, 6.45) is 0.338. The molecule has 0 saturated carbocycles. The van der Waals surface area contributed by atoms with Crippen molar-refractivity contribution in [3.63, 3.8) is 0 Å². The number of rotatable bonds is 3. The molecule has 1 aromatic rings. The Kier molecular flexibility index (Phi) is 3.09. The van der Waals surface area contributed by atoms with Gasteiger partial charge in [-0.25, -0.2) is 12.8 Å². The zero-order valence-electron chi connectivity index (χ0n) is 7.90. The van der Waals surface area contributed by atoms with E-state index in [9.17, 15) is 17.6 Å². The van der Waals surface area contributed by atoms with E-state index in [2.05, 4.69) is 0 Å². The largest absolute Gasteiger partial charge is 0.481 e. The van der Waals surface area contributed by atoms with Crippen LogP contribution in [0.1, 0.15) is 5.56 Å². The first-order chi connectivity index (χ1) is 6.82. The summed E-state index contributed by atoms with van der Waals surface area (Å²) in [4.78, 5) is 9.89. The van der Waals surface area contributed by atoms with E-state index in [4.69, 9.17) is 5.11 Å². The molecule has 0 radical (unpaired) electrons. The molecule has 0 unspecified atom stereocenters. The lowest BCUT2D eigenvalue weighted by Crippen LogP contribution is -2.07. The van der Waals surface area contributed by atoms with Crippen molar-refractivity contribution in [2.24, 2.45) is 0 Å². The first kappa shape index (κ1) is 11.6. The van der Waals surface area contributed by atoms with Crippen molar-refractivity contribution in [3.05, 3.63) is 29.6 Å². The standard InChI is InChI=1S/C9H9FO4S/c1-15(13,14)7-4-2-3-6(9(7)10)5-8(11)12/h2-4H,5H2,1H3,(H,11,12). The smallest absolute Gasteiger partial charge is 0.307 e. The predicted molar refractivity (Wildman–Crippen MR) is 50.8 cm³/mol. The Labute approximate surface area is 86.3 Å². The van der Waals surface area contributed by atoms with Crippen LogP contribution in [-0.2, 0) is 21.1 Å². The maximum atomic E-state index is 13.5. The van der Waals surface area contributed by atoms with E-state index in [-0.39, 0.29) is 5.56 Å². The zero-order valence-corrected chi connectivity index (χ0v) is 8.71. The highest BCUT2D eigenvalue weighted by molar-refractivity contribution is 7.90. The molecule has 0 fully saturated rings. The topological polar surface area (TPSA) is 71.4 Å². The van der Waals surface area contributed by atoms with Crippen LogP contribution in [0.25, 0.3) is 0 Å². The number of aliphatic carboxylic acids is 1. The van der Waals surface area contributed by atoms with Crippen molar-refractivity contribution < 1.29 is 22.7 Å². The second-order valence-electron chi connectivity index (χ2n) is 3.07. The van der Waals surface area contributed by atoms with E-state index in [1.54, 1.807) is 0 Å². The summed E-state index contributed by atoms with van der Waals surface area (Å²) in [5.74, 6) is -2.19. The highest BCUT2D eigenvalue weighted by Gasteiger charge is 2.17. The third kappa shape index (κ3) is 2.76. The number of carboxylic acids is 1. The van der Waals surface area contributed by atoms with Gasteiger partial charge in [-0.15, -0.1) is 0 Å². The van der Waals surface area contributed by atoms with Gasteiger partial charge in [0.05, 0.1) is 6.42 Å². The van der Waals surface area contributed by atoms with Crippen LogP contribution in [0.4, 0.5) is 4.39 Å². The number of benzene rings is 1. The van der Waals surface area contributed by atoms with Gasteiger partial charge in [0.25, 0.3) is 0 Å². The summed E-state index contributed by atoms with van der Waals surface area (Å²) >= 11 is 0. The summed E-state index contributed by atoms with van der Waals surface area (Å²) in [5, 5.41) is 8.47. The first-order valence-corrected chi connectivity index (χ1v) is 5.90. The zero-order chi connectivity index (χ0) is 11.6. The Bertz CT molecular complexity index is 493. The Morgan fingerprint density at radius 2 is 2.07 bits per heavy atom. The Hall–Kier alpha value is -1.43. The molecule has 0 aliphatic heterocycles. The van der Waals surface area contributed by atoms with Crippen molar-refractivity contribution in [2.45, 2.75) is 11.3 Å². The van der Waals surface area contributed by atoms with Gasteiger partial charge in [0.2, 0.25) is 0 Å². The summed E-state index contributed by atoms with van der Waals surface area (Å²) in [6, 6.07) is 3.67. The van der Waals surface area contributed by atoms with Crippen LogP contribution in [0.2, 0.25) is 0 Å². The van der Waals surface area contributed by atoms with Gasteiger partial charge in [-0.2, -0.15) is 0 Å². The third-order valence-electron chi connectivity index (χ3n) is 1.78. The van der Waals surface area contributed by atoms with Gasteiger partial charge in [-0.05, 0) is 6.07 Å². The van der Waals surface area contributed by atoms with Gasteiger partial charge in [-0.3, -0.25) is 4.79 Å². The van der Waals surface area contributed by atoms with E-state index in [1.807, 2.05) is 0 Å². The lowest BCUT2D eigenvalue weighted by atomic mass is 10.1. The summed E-state index contributed by atoms with van der Waals surface area (Å²) in [6.45, 7) is 0. The van der Waals surface area contributed by atoms with Crippen LogP contribution in [0.3, 0.4) is 0 Å². The van der Waals surface area contributed by atoms with Crippen LogP contribution >= 0.6 is 0 Å². The van der Waals surface area contributed by atoms with Gasteiger partial charge < -0.3 is 5.11 Å². The van der Waals surface area contributed by atoms with Crippen molar-refractivity contribution >= 4 is 15.8 Å². The monoisotopic (exact) mass is 232 g/mol. The molecule has 1 aromatic carbocycles. The molecule has 1 rings (SSSR count). The Morgan fingerprint density at radius 1 is 1.47 bits per heavy atom. The number of halogens is 1. The molecule has 0 aliphatic carbocycles. The molecule has 0 atom stereocenters. The molecule has 0 aromatic heterocycles. The molecule has 0 bridgehead atoms. The fraction of sp³-hybridized carbons (Fsp3) is 0.222. The number of hydrogen-bond acceptors (Lipinski definition) is 3. The summed E-state index contributed by atoms with van der Waals surface area (Å²) in [5.41, 5.74) is -0.134. The second-order valence-corrected chi connectivity index (χ2v) is 5.06. The summed E-state index contributed by atoms with van der Waals surface area (Å²) in [7, 11) is -3.66. The van der Waals surface area contributed by atoms with Crippen molar-refractivity contribution in [3.8, 4) is 0 Å². The Balaban J connectivity index is 3.30. The average molecular weight is 232 g/mol. The lowest BCUT2D eigenvalue weighted by Gasteiger charge is -2.04. The minimum Gasteiger partial charge on any atom is -0.481 e. The van der Waals surface area contributed by atoms with Gasteiger partial charge in [0.15, 0.2) is 9.84 Å². The Morgan fingerprint density at radius 3 is 2.53 bits per heavy atom. The number of carboxylic acid groups (broad SMARTS) is 1. The summed E-state index contributed by atoms with van der Waals surface area (Å²) < 4.78 is 35.7. The van der Waals surface area contributed by atoms with Crippen molar-refractivity contribution in [2.75, 3.05) is 6.26 Å². The molecule has 82 valence electrons. The first-order valence-electron chi connectivity index (χ1n) is 4.01. The molecule has 0 amide bonds. The molecule has 0 saturated heterocycles. The van der Waals surface area contributed by atoms with Gasteiger partial charge in [0.1, 0.15) is 10.7 Å². The van der Waals surface area contributed by atoms with E-state index in [0.29, 0.717) is 0 Å². The minimum absolute atomic E-state index is 0.134. The molecule has 0 spiro atoms. The fourth-order valence-corrected chi connectivity index (χ4v) is 1.92. The van der Waals surface area contributed by atoms with Crippen LogP contribution in [0, 0.1) is 5.82 Å². The van der Waals surface area contributed by atoms with E-state index < -0.39 is 32.9 Å². The van der Waals surface area contributed by atoms with Gasteiger partial charge in [-0.1, -0.05) is 12.1 Å². The predicted octanol–water partition coefficient (Wildman–Crippen LogP) is 0.856. The number of carbonyl (C=O) groups is 1. The highest BCUT2D eigenvalue weighted by atomic mass is 32.2. The normalized spacial score (nSPS) is 11.3. The molecular formula is C9H9FO4S. The maximum Gasteiger partial charge on any atom is 0.307 e. The molecule has 6 heteroatoms. The van der Waals surface area contributed by atoms with Crippen LogP contribution in [-0.4, -0.2) is 25.7 Å². The van der Waals surface area contributed by atoms with Gasteiger partial charge >= 0.3 is 5.97 Å². The SMILES string of the molecule is CS(=O)(=O)c1cccc(CC(=O)O)c1F. The lowest BCUT2D eigenvalue weighted by molar-refractivity contribution is -0.136. The quantitative estimate of drug-likeness (QED) is 0.838. The van der Waals surface area contributed by atoms with Crippen LogP contribution < -0.4 is 0 Å². The fourth-order valence-electron chi connectivity index (χ4n) is 1.14. The van der Waals surface area contributed by atoms with E-state index in [1.165, 1.54) is 12.1 Å². The number of hydrogen-bond donors (Lipinski definition) is 1.